The molecule has 1 aliphatic carbocycles. The molecule has 1 saturated heterocycles. The van der Waals surface area contributed by atoms with Crippen molar-refractivity contribution in [3.63, 3.8) is 0 Å². The molecule has 0 aromatic rings. The number of hydrogen-bond acceptors (Lipinski definition) is 4. The van der Waals surface area contributed by atoms with Crippen molar-refractivity contribution in [2.45, 2.75) is 44.7 Å². The Bertz CT molecular complexity index is 243. The highest BCUT2D eigenvalue weighted by atomic mass is 15.3. The van der Waals surface area contributed by atoms with Gasteiger partial charge in [-0.15, -0.1) is 0 Å². The highest BCUT2D eigenvalue weighted by Crippen LogP contribution is 2.21. The van der Waals surface area contributed by atoms with Crippen LogP contribution in [0.2, 0.25) is 0 Å². The van der Waals surface area contributed by atoms with E-state index in [2.05, 4.69) is 28.7 Å². The minimum Gasteiger partial charge on any atom is -0.328 e. The van der Waals surface area contributed by atoms with Gasteiger partial charge in [-0.3, -0.25) is 9.80 Å². The number of hydrogen-bond donors (Lipinski definition) is 1. The summed E-state index contributed by atoms with van der Waals surface area (Å²) in [6, 6.07) is 1.25. The molecule has 0 atom stereocenters. The second-order valence-corrected chi connectivity index (χ2v) is 6.34. The van der Waals surface area contributed by atoms with Crippen LogP contribution in [0.4, 0.5) is 0 Å². The number of likely N-dealkylation sites (N-methyl/N-ethyl adjacent to an activating group) is 2. The maximum absolute atomic E-state index is 6.01. The fourth-order valence-corrected chi connectivity index (χ4v) is 3.41. The third kappa shape index (κ3) is 4.71. The van der Waals surface area contributed by atoms with Gasteiger partial charge >= 0.3 is 0 Å². The lowest BCUT2D eigenvalue weighted by atomic mass is 9.91. The smallest absolute Gasteiger partial charge is 0.0112 e. The molecule has 1 aliphatic heterocycles. The molecule has 2 fully saturated rings. The van der Waals surface area contributed by atoms with Gasteiger partial charge in [-0.25, -0.2) is 0 Å². The molecule has 0 bridgehead atoms. The first-order chi connectivity index (χ1) is 9.19. The van der Waals surface area contributed by atoms with Gasteiger partial charge in [-0.2, -0.15) is 0 Å². The van der Waals surface area contributed by atoms with E-state index in [4.69, 9.17) is 5.73 Å². The monoisotopic (exact) mass is 268 g/mol. The van der Waals surface area contributed by atoms with Gasteiger partial charge in [-0.1, -0.05) is 6.92 Å². The van der Waals surface area contributed by atoms with Gasteiger partial charge in [0.15, 0.2) is 0 Å². The molecule has 19 heavy (non-hydrogen) atoms. The van der Waals surface area contributed by atoms with Crippen LogP contribution in [0.1, 0.15) is 32.6 Å². The van der Waals surface area contributed by atoms with Crippen molar-refractivity contribution < 1.29 is 0 Å². The molecule has 0 aromatic heterocycles. The van der Waals surface area contributed by atoms with Gasteiger partial charge in [0.25, 0.3) is 0 Å². The molecule has 1 heterocycles. The van der Waals surface area contributed by atoms with Crippen molar-refractivity contribution in [3.8, 4) is 0 Å². The van der Waals surface area contributed by atoms with Crippen LogP contribution in [0, 0.1) is 0 Å². The van der Waals surface area contributed by atoms with Crippen molar-refractivity contribution in [1.82, 2.24) is 14.7 Å². The van der Waals surface area contributed by atoms with Gasteiger partial charge in [0.1, 0.15) is 0 Å². The first-order valence-electron chi connectivity index (χ1n) is 8.09. The lowest BCUT2D eigenvalue weighted by Gasteiger charge is -2.38. The summed E-state index contributed by atoms with van der Waals surface area (Å²) in [4.78, 5) is 7.73. The van der Waals surface area contributed by atoms with Crippen LogP contribution in [0.15, 0.2) is 0 Å². The van der Waals surface area contributed by atoms with Gasteiger partial charge < -0.3 is 10.6 Å². The largest absolute Gasteiger partial charge is 0.328 e. The van der Waals surface area contributed by atoms with E-state index < -0.39 is 0 Å². The molecule has 0 unspecified atom stereocenters. The molecule has 112 valence electrons. The SMILES string of the molecule is CCN(CCN1CCN(C)CC1)C1CCC(N)CC1. The van der Waals surface area contributed by atoms with E-state index in [0.717, 1.165) is 6.04 Å². The molecule has 1 saturated carbocycles. The summed E-state index contributed by atoms with van der Waals surface area (Å²) in [5, 5.41) is 0. The summed E-state index contributed by atoms with van der Waals surface area (Å²) < 4.78 is 0. The predicted octanol–water partition coefficient (Wildman–Crippen LogP) is 0.826. The zero-order chi connectivity index (χ0) is 13.7. The Balaban J connectivity index is 1.70. The van der Waals surface area contributed by atoms with Crippen molar-refractivity contribution in [3.05, 3.63) is 0 Å². The van der Waals surface area contributed by atoms with Crippen LogP contribution in [0.5, 0.6) is 0 Å². The fraction of sp³-hybridized carbons (Fsp3) is 1.00. The second kappa shape index (κ2) is 7.58. The number of rotatable bonds is 5. The summed E-state index contributed by atoms with van der Waals surface area (Å²) in [5.41, 5.74) is 6.01. The van der Waals surface area contributed by atoms with Crippen LogP contribution in [-0.4, -0.2) is 79.6 Å². The Morgan fingerprint density at radius 1 is 1.05 bits per heavy atom. The average molecular weight is 268 g/mol. The molecular formula is C15H32N4. The van der Waals surface area contributed by atoms with Crippen molar-refractivity contribution in [2.24, 2.45) is 5.73 Å². The zero-order valence-corrected chi connectivity index (χ0v) is 12.9. The van der Waals surface area contributed by atoms with Crippen molar-refractivity contribution in [1.29, 1.82) is 0 Å². The van der Waals surface area contributed by atoms with Gasteiger partial charge in [0.05, 0.1) is 0 Å². The summed E-state index contributed by atoms with van der Waals surface area (Å²) in [6.07, 6.45) is 5.04. The Kier molecular flexibility index (Phi) is 6.07. The van der Waals surface area contributed by atoms with Crippen LogP contribution < -0.4 is 5.73 Å². The highest BCUT2D eigenvalue weighted by Gasteiger charge is 2.23. The molecule has 4 heteroatoms. The van der Waals surface area contributed by atoms with E-state index in [9.17, 15) is 0 Å². The van der Waals surface area contributed by atoms with E-state index in [-0.39, 0.29) is 0 Å². The third-order valence-corrected chi connectivity index (χ3v) is 4.96. The maximum atomic E-state index is 6.01. The van der Waals surface area contributed by atoms with E-state index in [0.29, 0.717) is 6.04 Å². The Labute approximate surface area is 118 Å². The normalized spacial score (nSPS) is 30.9. The van der Waals surface area contributed by atoms with Gasteiger partial charge in [0, 0.05) is 51.4 Å². The van der Waals surface area contributed by atoms with Crippen LogP contribution in [-0.2, 0) is 0 Å². The first-order valence-corrected chi connectivity index (χ1v) is 8.09. The first kappa shape index (κ1) is 15.2. The maximum Gasteiger partial charge on any atom is 0.0112 e. The molecule has 0 amide bonds. The quantitative estimate of drug-likeness (QED) is 0.801. The Hall–Kier alpha value is -0.160. The van der Waals surface area contributed by atoms with E-state index in [1.54, 1.807) is 0 Å². The van der Waals surface area contributed by atoms with Crippen LogP contribution in [0.3, 0.4) is 0 Å². The predicted molar refractivity (Wildman–Crippen MR) is 81.4 cm³/mol. The summed E-state index contributed by atoms with van der Waals surface area (Å²) in [5.74, 6) is 0. The van der Waals surface area contributed by atoms with Crippen LogP contribution in [0.25, 0.3) is 0 Å². The van der Waals surface area contributed by atoms with E-state index in [1.807, 2.05) is 0 Å². The topological polar surface area (TPSA) is 35.7 Å². The molecule has 2 aliphatic rings. The summed E-state index contributed by atoms with van der Waals surface area (Å²) >= 11 is 0. The van der Waals surface area contributed by atoms with Gasteiger partial charge in [0.2, 0.25) is 0 Å². The molecule has 0 aromatic carbocycles. The minimum atomic E-state index is 0.465. The number of nitrogens with two attached hydrogens (primary N) is 1. The molecule has 4 nitrogen and oxygen atoms in total. The Morgan fingerprint density at radius 2 is 1.68 bits per heavy atom. The average Bonchev–Trinajstić information content (AvgIpc) is 2.43. The molecule has 2 N–H and O–H groups in total. The summed E-state index contributed by atoms with van der Waals surface area (Å²) in [7, 11) is 2.22. The van der Waals surface area contributed by atoms with E-state index in [1.165, 1.54) is 71.5 Å². The molecule has 0 spiro atoms. The fourth-order valence-electron chi connectivity index (χ4n) is 3.41. The standard InChI is InChI=1S/C15H32N4/c1-3-19(15-6-4-14(16)5-7-15)13-12-18-10-8-17(2)9-11-18/h14-15H,3-13,16H2,1-2H3. The summed E-state index contributed by atoms with van der Waals surface area (Å²) in [6.45, 7) is 10.9. The van der Waals surface area contributed by atoms with Gasteiger partial charge in [-0.05, 0) is 39.3 Å². The second-order valence-electron chi connectivity index (χ2n) is 6.34. The van der Waals surface area contributed by atoms with E-state index >= 15 is 0 Å². The van der Waals surface area contributed by atoms with Crippen LogP contribution >= 0.6 is 0 Å². The number of piperazine rings is 1. The lowest BCUT2D eigenvalue weighted by molar-refractivity contribution is 0.108. The molecular weight excluding hydrogens is 236 g/mol. The third-order valence-electron chi connectivity index (χ3n) is 4.96. The minimum absolute atomic E-state index is 0.465. The highest BCUT2D eigenvalue weighted by molar-refractivity contribution is 4.81. The van der Waals surface area contributed by atoms with Crippen molar-refractivity contribution in [2.75, 3.05) is 52.9 Å². The zero-order valence-electron chi connectivity index (χ0n) is 12.9. The number of nitrogens with zero attached hydrogens (tertiary/aromatic N) is 3. The molecule has 0 radical (unpaired) electrons. The Morgan fingerprint density at radius 3 is 2.26 bits per heavy atom. The lowest BCUT2D eigenvalue weighted by Crippen LogP contribution is -2.49. The van der Waals surface area contributed by atoms with Crippen molar-refractivity contribution >= 4 is 0 Å². The molecule has 2 rings (SSSR count).